The van der Waals surface area contributed by atoms with Gasteiger partial charge in [0.1, 0.15) is 23.1 Å². The zero-order chi connectivity index (χ0) is 13.0. The van der Waals surface area contributed by atoms with Crippen LogP contribution in [0, 0.1) is 18.3 Å². The molecule has 0 saturated carbocycles. The standard InChI is InChI=1S/C14H12N2O2/c1-10-6-7-16-14(13(10)9-15)18-12-5-3-4-11(8-12)17-2/h3-8H,1-2H3. The number of hydrogen-bond acceptors (Lipinski definition) is 4. The van der Waals surface area contributed by atoms with Crippen LogP contribution in [0.2, 0.25) is 0 Å². The summed E-state index contributed by atoms with van der Waals surface area (Å²) in [4.78, 5) is 4.08. The van der Waals surface area contributed by atoms with Gasteiger partial charge in [-0.05, 0) is 30.7 Å². The molecule has 2 rings (SSSR count). The molecule has 0 bridgehead atoms. The quantitative estimate of drug-likeness (QED) is 0.827. The Morgan fingerprint density at radius 1 is 1.22 bits per heavy atom. The summed E-state index contributed by atoms with van der Waals surface area (Å²) < 4.78 is 10.7. The van der Waals surface area contributed by atoms with Gasteiger partial charge in [0, 0.05) is 12.3 Å². The van der Waals surface area contributed by atoms with Crippen LogP contribution in [0.15, 0.2) is 36.5 Å². The van der Waals surface area contributed by atoms with E-state index in [-0.39, 0.29) is 0 Å². The topological polar surface area (TPSA) is 55.1 Å². The monoisotopic (exact) mass is 240 g/mol. The smallest absolute Gasteiger partial charge is 0.237 e. The average Bonchev–Trinajstić information content (AvgIpc) is 2.39. The highest BCUT2D eigenvalue weighted by Gasteiger charge is 2.09. The van der Waals surface area contributed by atoms with Gasteiger partial charge in [0.05, 0.1) is 7.11 Å². The maximum absolute atomic E-state index is 9.08. The van der Waals surface area contributed by atoms with E-state index in [1.54, 1.807) is 31.5 Å². The van der Waals surface area contributed by atoms with E-state index in [0.29, 0.717) is 22.9 Å². The zero-order valence-electron chi connectivity index (χ0n) is 10.2. The van der Waals surface area contributed by atoms with Crippen LogP contribution in [-0.2, 0) is 0 Å². The van der Waals surface area contributed by atoms with Gasteiger partial charge in [-0.1, -0.05) is 6.07 Å². The lowest BCUT2D eigenvalue weighted by Gasteiger charge is -2.08. The predicted molar refractivity (Wildman–Crippen MR) is 66.8 cm³/mol. The van der Waals surface area contributed by atoms with Crippen LogP contribution in [0.25, 0.3) is 0 Å². The molecular formula is C14H12N2O2. The largest absolute Gasteiger partial charge is 0.497 e. The maximum Gasteiger partial charge on any atom is 0.237 e. The SMILES string of the molecule is COc1cccc(Oc2nccc(C)c2C#N)c1. The van der Waals surface area contributed by atoms with E-state index in [1.807, 2.05) is 19.1 Å². The van der Waals surface area contributed by atoms with Crippen molar-refractivity contribution in [2.45, 2.75) is 6.92 Å². The molecule has 4 heteroatoms. The number of nitrogens with zero attached hydrogens (tertiary/aromatic N) is 2. The molecule has 0 atom stereocenters. The molecular weight excluding hydrogens is 228 g/mol. The Labute approximate surface area is 105 Å². The van der Waals surface area contributed by atoms with Gasteiger partial charge < -0.3 is 9.47 Å². The summed E-state index contributed by atoms with van der Waals surface area (Å²) in [6, 6.07) is 11.0. The number of aromatic nitrogens is 1. The first kappa shape index (κ1) is 11.9. The second kappa shape index (κ2) is 5.19. The molecule has 0 aliphatic carbocycles. The molecule has 18 heavy (non-hydrogen) atoms. The van der Waals surface area contributed by atoms with Crippen LogP contribution in [0.4, 0.5) is 0 Å². The highest BCUT2D eigenvalue weighted by atomic mass is 16.5. The van der Waals surface area contributed by atoms with Gasteiger partial charge in [-0.25, -0.2) is 4.98 Å². The zero-order valence-corrected chi connectivity index (χ0v) is 10.2. The number of benzene rings is 1. The molecule has 0 aliphatic heterocycles. The van der Waals surface area contributed by atoms with Gasteiger partial charge >= 0.3 is 0 Å². The lowest BCUT2D eigenvalue weighted by atomic mass is 10.2. The van der Waals surface area contributed by atoms with Gasteiger partial charge in [0.15, 0.2) is 0 Å². The van der Waals surface area contributed by atoms with E-state index in [1.165, 1.54) is 0 Å². The summed E-state index contributed by atoms with van der Waals surface area (Å²) >= 11 is 0. The van der Waals surface area contributed by atoms with E-state index in [2.05, 4.69) is 11.1 Å². The Morgan fingerprint density at radius 2 is 2.00 bits per heavy atom. The molecule has 0 radical (unpaired) electrons. The van der Waals surface area contributed by atoms with Crippen LogP contribution in [-0.4, -0.2) is 12.1 Å². The highest BCUT2D eigenvalue weighted by Crippen LogP contribution is 2.26. The summed E-state index contributed by atoms with van der Waals surface area (Å²) in [5.74, 6) is 1.59. The fraction of sp³-hybridized carbons (Fsp3) is 0.143. The van der Waals surface area contributed by atoms with Crippen molar-refractivity contribution in [3.8, 4) is 23.4 Å². The van der Waals surface area contributed by atoms with Crippen LogP contribution < -0.4 is 9.47 Å². The maximum atomic E-state index is 9.08. The van der Waals surface area contributed by atoms with Crippen LogP contribution in [0.1, 0.15) is 11.1 Å². The lowest BCUT2D eigenvalue weighted by Crippen LogP contribution is -1.94. The molecule has 0 spiro atoms. The van der Waals surface area contributed by atoms with Crippen molar-refractivity contribution in [3.63, 3.8) is 0 Å². The first-order chi connectivity index (χ1) is 8.74. The van der Waals surface area contributed by atoms with Gasteiger partial charge in [-0.15, -0.1) is 0 Å². The number of nitriles is 1. The molecule has 1 aromatic heterocycles. The molecule has 0 fully saturated rings. The second-order valence-electron chi connectivity index (χ2n) is 3.70. The number of methoxy groups -OCH3 is 1. The molecule has 0 N–H and O–H groups in total. The van der Waals surface area contributed by atoms with E-state index in [9.17, 15) is 0 Å². The number of hydrogen-bond donors (Lipinski definition) is 0. The number of pyridine rings is 1. The highest BCUT2D eigenvalue weighted by molar-refractivity contribution is 5.46. The van der Waals surface area contributed by atoms with Gasteiger partial charge in [-0.2, -0.15) is 5.26 Å². The third-order valence-corrected chi connectivity index (χ3v) is 2.49. The van der Waals surface area contributed by atoms with Crippen molar-refractivity contribution >= 4 is 0 Å². The van der Waals surface area contributed by atoms with E-state index >= 15 is 0 Å². The Hall–Kier alpha value is -2.54. The first-order valence-corrected chi connectivity index (χ1v) is 5.42. The summed E-state index contributed by atoms with van der Waals surface area (Å²) in [6.07, 6.45) is 1.62. The minimum absolute atomic E-state index is 0.311. The van der Waals surface area contributed by atoms with E-state index in [0.717, 1.165) is 5.56 Å². The lowest BCUT2D eigenvalue weighted by molar-refractivity contribution is 0.407. The Morgan fingerprint density at radius 3 is 2.72 bits per heavy atom. The summed E-state index contributed by atoms with van der Waals surface area (Å²) in [5.41, 5.74) is 1.28. The number of aryl methyl sites for hydroxylation is 1. The van der Waals surface area contributed by atoms with Gasteiger partial charge in [0.2, 0.25) is 5.88 Å². The molecule has 0 unspecified atom stereocenters. The minimum atomic E-state index is 0.311. The van der Waals surface area contributed by atoms with Crippen LogP contribution in [0.3, 0.4) is 0 Å². The molecule has 0 amide bonds. The minimum Gasteiger partial charge on any atom is -0.497 e. The molecule has 90 valence electrons. The number of ether oxygens (including phenoxy) is 2. The normalized spacial score (nSPS) is 9.61. The van der Waals surface area contributed by atoms with Crippen molar-refractivity contribution in [2.24, 2.45) is 0 Å². The average molecular weight is 240 g/mol. The Kier molecular flexibility index (Phi) is 3.44. The van der Waals surface area contributed by atoms with E-state index < -0.39 is 0 Å². The number of rotatable bonds is 3. The summed E-state index contributed by atoms with van der Waals surface area (Å²) in [7, 11) is 1.59. The second-order valence-corrected chi connectivity index (χ2v) is 3.70. The van der Waals surface area contributed by atoms with Crippen molar-refractivity contribution < 1.29 is 9.47 Å². The molecule has 1 heterocycles. The summed E-state index contributed by atoms with van der Waals surface area (Å²) in [5, 5.41) is 9.08. The fourth-order valence-electron chi connectivity index (χ4n) is 1.52. The molecule has 0 aliphatic rings. The predicted octanol–water partition coefficient (Wildman–Crippen LogP) is 3.06. The first-order valence-electron chi connectivity index (χ1n) is 5.42. The van der Waals surface area contributed by atoms with Crippen molar-refractivity contribution in [1.82, 2.24) is 4.98 Å². The van der Waals surface area contributed by atoms with Gasteiger partial charge in [-0.3, -0.25) is 0 Å². The van der Waals surface area contributed by atoms with Crippen molar-refractivity contribution in [2.75, 3.05) is 7.11 Å². The third kappa shape index (κ3) is 2.41. The molecule has 1 aromatic carbocycles. The Balaban J connectivity index is 2.34. The van der Waals surface area contributed by atoms with E-state index in [4.69, 9.17) is 14.7 Å². The van der Waals surface area contributed by atoms with Gasteiger partial charge in [0.25, 0.3) is 0 Å². The third-order valence-electron chi connectivity index (χ3n) is 2.49. The van der Waals surface area contributed by atoms with Crippen molar-refractivity contribution in [1.29, 1.82) is 5.26 Å². The molecule has 4 nitrogen and oxygen atoms in total. The van der Waals surface area contributed by atoms with Crippen molar-refractivity contribution in [3.05, 3.63) is 47.7 Å². The molecule has 0 saturated heterocycles. The fourth-order valence-corrected chi connectivity index (χ4v) is 1.52. The van der Waals surface area contributed by atoms with Crippen LogP contribution >= 0.6 is 0 Å². The Bertz CT molecular complexity index is 603. The summed E-state index contributed by atoms with van der Waals surface area (Å²) in [6.45, 7) is 1.85. The molecule has 2 aromatic rings. The van der Waals surface area contributed by atoms with Crippen LogP contribution in [0.5, 0.6) is 17.4 Å².